The molecule has 2 unspecified atom stereocenters. The van der Waals surface area contributed by atoms with E-state index in [1.54, 1.807) is 0 Å². The smallest absolute Gasteiger partial charge is 0.000839 e. The third kappa shape index (κ3) is 2.50. The van der Waals surface area contributed by atoms with E-state index >= 15 is 0 Å². The topological polar surface area (TPSA) is 12.0 Å². The first-order chi connectivity index (χ1) is 6.72. The Labute approximate surface area is 89.7 Å². The first-order valence-corrected chi connectivity index (χ1v) is 6.43. The van der Waals surface area contributed by atoms with Gasteiger partial charge in [-0.3, -0.25) is 0 Å². The van der Waals surface area contributed by atoms with Gasteiger partial charge in [0.1, 0.15) is 0 Å². The fraction of sp³-hybridized carbons (Fsp3) is 1.00. The highest BCUT2D eigenvalue weighted by Gasteiger charge is 2.41. The van der Waals surface area contributed by atoms with Crippen LogP contribution in [0.1, 0.15) is 53.4 Å². The lowest BCUT2D eigenvalue weighted by Crippen LogP contribution is -2.21. The Morgan fingerprint density at radius 1 is 1.21 bits per heavy atom. The van der Waals surface area contributed by atoms with Crippen LogP contribution in [0.3, 0.4) is 0 Å². The molecule has 2 aliphatic rings. The molecule has 1 aliphatic heterocycles. The molecular weight excluding hydrogens is 170 g/mol. The van der Waals surface area contributed by atoms with Crippen molar-refractivity contribution in [1.82, 2.24) is 5.32 Å². The maximum atomic E-state index is 3.51. The highest BCUT2D eigenvalue weighted by Crippen LogP contribution is 2.47. The largest absolute Gasteiger partial charge is 0.316 e. The second-order valence-electron chi connectivity index (χ2n) is 5.17. The zero-order valence-electron chi connectivity index (χ0n) is 10.4. The number of hydrogen-bond donors (Lipinski definition) is 1. The van der Waals surface area contributed by atoms with Crippen molar-refractivity contribution >= 4 is 0 Å². The Morgan fingerprint density at radius 3 is 2.36 bits per heavy atom. The molecule has 0 amide bonds. The van der Waals surface area contributed by atoms with Gasteiger partial charge in [-0.15, -0.1) is 0 Å². The molecule has 1 N–H and O–H groups in total. The van der Waals surface area contributed by atoms with Crippen molar-refractivity contribution in [2.45, 2.75) is 53.4 Å². The molecule has 0 aromatic rings. The lowest BCUT2D eigenvalue weighted by molar-refractivity contribution is 0.294. The second-order valence-corrected chi connectivity index (χ2v) is 5.17. The van der Waals surface area contributed by atoms with Crippen LogP contribution in [0.4, 0.5) is 0 Å². The van der Waals surface area contributed by atoms with Gasteiger partial charge in [-0.05, 0) is 49.5 Å². The summed E-state index contributed by atoms with van der Waals surface area (Å²) in [5.74, 6) is 1.93. The van der Waals surface area contributed by atoms with E-state index in [1.165, 1.54) is 38.8 Å². The molecule has 0 aromatic heterocycles. The molecule has 1 heteroatoms. The summed E-state index contributed by atoms with van der Waals surface area (Å²) >= 11 is 0. The van der Waals surface area contributed by atoms with Crippen molar-refractivity contribution in [3.8, 4) is 0 Å². The van der Waals surface area contributed by atoms with E-state index in [-0.39, 0.29) is 0 Å². The van der Waals surface area contributed by atoms with Crippen molar-refractivity contribution in [2.75, 3.05) is 13.1 Å². The summed E-state index contributed by atoms with van der Waals surface area (Å²) in [5, 5.41) is 3.51. The predicted octanol–water partition coefficient (Wildman–Crippen LogP) is 3.45. The summed E-state index contributed by atoms with van der Waals surface area (Å²) in [7, 11) is 0. The van der Waals surface area contributed by atoms with E-state index in [9.17, 15) is 0 Å². The minimum absolute atomic E-state index is 0.731. The van der Waals surface area contributed by atoms with Gasteiger partial charge in [0.05, 0.1) is 0 Å². The van der Waals surface area contributed by atoms with Gasteiger partial charge in [-0.2, -0.15) is 0 Å². The van der Waals surface area contributed by atoms with Crippen molar-refractivity contribution in [3.05, 3.63) is 0 Å². The lowest BCUT2D eigenvalue weighted by atomic mass is 9.83. The third-order valence-electron chi connectivity index (χ3n) is 4.02. The molecule has 1 heterocycles. The summed E-state index contributed by atoms with van der Waals surface area (Å²) in [5.41, 5.74) is 0.731. The molecule has 2 fully saturated rings. The Hall–Kier alpha value is -0.0400. The van der Waals surface area contributed by atoms with Crippen LogP contribution in [0.2, 0.25) is 0 Å². The summed E-state index contributed by atoms with van der Waals surface area (Å²) in [4.78, 5) is 0. The Bertz CT molecular complexity index is 157. The van der Waals surface area contributed by atoms with Crippen LogP contribution in [0, 0.1) is 17.3 Å². The van der Waals surface area contributed by atoms with Gasteiger partial charge in [0.15, 0.2) is 0 Å². The van der Waals surface area contributed by atoms with Crippen LogP contribution < -0.4 is 5.32 Å². The van der Waals surface area contributed by atoms with E-state index in [0.717, 1.165) is 17.3 Å². The van der Waals surface area contributed by atoms with E-state index in [1.807, 2.05) is 13.8 Å². The Kier molecular flexibility index (Phi) is 4.43. The predicted molar refractivity (Wildman–Crippen MR) is 63.4 cm³/mol. The minimum Gasteiger partial charge on any atom is -0.316 e. The van der Waals surface area contributed by atoms with E-state index in [0.29, 0.717) is 0 Å². The van der Waals surface area contributed by atoms with Gasteiger partial charge >= 0.3 is 0 Å². The van der Waals surface area contributed by atoms with Crippen molar-refractivity contribution < 1.29 is 0 Å². The first-order valence-electron chi connectivity index (χ1n) is 6.43. The molecular formula is C13H27N. The number of nitrogens with one attached hydrogen (secondary N) is 1. The lowest BCUT2D eigenvalue weighted by Gasteiger charge is -2.22. The summed E-state index contributed by atoms with van der Waals surface area (Å²) in [6.07, 6.45) is 5.91. The molecule has 1 aliphatic carbocycles. The highest BCUT2D eigenvalue weighted by molar-refractivity contribution is 4.95. The normalized spacial score (nSPS) is 36.2. The van der Waals surface area contributed by atoms with Gasteiger partial charge in [0.25, 0.3) is 0 Å². The quantitative estimate of drug-likeness (QED) is 0.679. The third-order valence-corrected chi connectivity index (χ3v) is 4.02. The van der Waals surface area contributed by atoms with Crippen LogP contribution in [-0.4, -0.2) is 13.1 Å². The maximum Gasteiger partial charge on any atom is 0.000839 e. The van der Waals surface area contributed by atoms with Crippen LogP contribution in [0.25, 0.3) is 0 Å². The van der Waals surface area contributed by atoms with E-state index in [2.05, 4.69) is 19.2 Å². The van der Waals surface area contributed by atoms with Crippen molar-refractivity contribution in [3.63, 3.8) is 0 Å². The van der Waals surface area contributed by atoms with E-state index in [4.69, 9.17) is 0 Å². The van der Waals surface area contributed by atoms with Crippen LogP contribution in [0.5, 0.6) is 0 Å². The first kappa shape index (κ1) is 12.0. The monoisotopic (exact) mass is 197 g/mol. The number of hydrogen-bond acceptors (Lipinski definition) is 1. The summed E-state index contributed by atoms with van der Waals surface area (Å²) in [6.45, 7) is 11.3. The fourth-order valence-corrected chi connectivity index (χ4v) is 3.00. The van der Waals surface area contributed by atoms with E-state index < -0.39 is 0 Å². The molecule has 2 atom stereocenters. The van der Waals surface area contributed by atoms with Gasteiger partial charge in [0.2, 0.25) is 0 Å². The number of rotatable bonds is 1. The molecule has 0 bridgehead atoms. The fourth-order valence-electron chi connectivity index (χ4n) is 3.00. The summed E-state index contributed by atoms with van der Waals surface area (Å²) in [6, 6.07) is 0. The molecule has 1 nitrogen and oxygen atoms in total. The summed E-state index contributed by atoms with van der Waals surface area (Å²) < 4.78 is 0. The Morgan fingerprint density at radius 2 is 1.93 bits per heavy atom. The second kappa shape index (κ2) is 5.16. The zero-order chi connectivity index (χ0) is 10.6. The van der Waals surface area contributed by atoms with Crippen LogP contribution in [-0.2, 0) is 0 Å². The standard InChI is InChI=1S/C11H21N.C2H6/c1-9(2)10-3-4-11(7-10)5-6-12-8-11;1-2/h9-10,12H,3-8H2,1-2H3;1-2H3. The van der Waals surface area contributed by atoms with Gasteiger partial charge in [0, 0.05) is 6.54 Å². The van der Waals surface area contributed by atoms with Gasteiger partial charge < -0.3 is 5.32 Å². The Balaban J connectivity index is 0.000000461. The molecule has 84 valence electrons. The van der Waals surface area contributed by atoms with Crippen LogP contribution in [0.15, 0.2) is 0 Å². The maximum absolute atomic E-state index is 3.51. The molecule has 14 heavy (non-hydrogen) atoms. The van der Waals surface area contributed by atoms with Crippen LogP contribution >= 0.6 is 0 Å². The molecule has 1 saturated heterocycles. The highest BCUT2D eigenvalue weighted by atomic mass is 14.9. The molecule has 1 spiro atoms. The molecule has 2 rings (SSSR count). The van der Waals surface area contributed by atoms with Crippen molar-refractivity contribution in [2.24, 2.45) is 17.3 Å². The zero-order valence-corrected chi connectivity index (χ0v) is 10.4. The average molecular weight is 197 g/mol. The molecule has 1 saturated carbocycles. The van der Waals surface area contributed by atoms with Gasteiger partial charge in [-0.1, -0.05) is 27.7 Å². The SMILES string of the molecule is CC.CC(C)C1CCC2(CCNC2)C1. The molecule has 0 aromatic carbocycles. The van der Waals surface area contributed by atoms with Crippen molar-refractivity contribution in [1.29, 1.82) is 0 Å². The average Bonchev–Trinajstić information content (AvgIpc) is 2.81. The molecule has 0 radical (unpaired) electrons. The van der Waals surface area contributed by atoms with Gasteiger partial charge in [-0.25, -0.2) is 0 Å². The minimum atomic E-state index is 0.731.